The summed E-state index contributed by atoms with van der Waals surface area (Å²) >= 11 is 0. The van der Waals surface area contributed by atoms with Gasteiger partial charge in [0.2, 0.25) is 0 Å². The molecule has 0 saturated carbocycles. The predicted molar refractivity (Wildman–Crippen MR) is 42.9 cm³/mol. The smallest absolute Gasteiger partial charge is 0.185 e. The van der Waals surface area contributed by atoms with Gasteiger partial charge in [0, 0.05) is 7.11 Å². The van der Waals surface area contributed by atoms with Crippen LogP contribution in [0, 0.1) is 4.91 Å². The van der Waals surface area contributed by atoms with E-state index in [9.17, 15) is 15.1 Å². The van der Waals surface area contributed by atoms with Crippen LogP contribution in [0.1, 0.15) is 6.92 Å². The van der Waals surface area contributed by atoms with E-state index in [1.54, 1.807) is 6.92 Å². The van der Waals surface area contributed by atoms with Crippen LogP contribution in [-0.4, -0.2) is 48.0 Å². The Balaban J connectivity index is 2.74. The second kappa shape index (κ2) is 4.10. The van der Waals surface area contributed by atoms with Crippen molar-refractivity contribution < 1.29 is 19.7 Å². The van der Waals surface area contributed by atoms with Gasteiger partial charge in [0.25, 0.3) is 0 Å². The molecule has 6 nitrogen and oxygen atoms in total. The summed E-state index contributed by atoms with van der Waals surface area (Å²) in [5.74, 6) is 0. The number of hydrogen-bond acceptors (Lipinski definition) is 6. The molecule has 2 N–H and O–H groups in total. The lowest BCUT2D eigenvalue weighted by Gasteiger charge is -2.37. The van der Waals surface area contributed by atoms with Gasteiger partial charge in [-0.15, -0.1) is 0 Å². The molecule has 1 unspecified atom stereocenters. The van der Waals surface area contributed by atoms with Gasteiger partial charge >= 0.3 is 0 Å². The quantitative estimate of drug-likeness (QED) is 0.560. The van der Waals surface area contributed by atoms with E-state index in [1.165, 1.54) is 7.11 Å². The van der Waals surface area contributed by atoms with Crippen LogP contribution in [-0.2, 0) is 9.47 Å². The number of nitroso groups, excluding NO2 is 1. The maximum Gasteiger partial charge on any atom is 0.185 e. The Kier molecular flexibility index (Phi) is 3.32. The van der Waals surface area contributed by atoms with Gasteiger partial charge in [-0.1, -0.05) is 5.18 Å². The number of methoxy groups -OCH3 is 1. The molecule has 1 heterocycles. The van der Waals surface area contributed by atoms with E-state index in [1.807, 2.05) is 0 Å². The molecule has 0 radical (unpaired) electrons. The molecule has 1 rings (SSSR count). The first-order valence-electron chi connectivity index (χ1n) is 3.98. The number of aliphatic hydroxyl groups is 2. The SMILES string of the molecule is CO[C@@H]1OC(C)[C@@H](O)[C@H](N=O)[C@H]1O. The van der Waals surface area contributed by atoms with Gasteiger partial charge in [0.1, 0.15) is 12.2 Å². The first-order chi connectivity index (χ1) is 6.11. The van der Waals surface area contributed by atoms with Gasteiger partial charge < -0.3 is 19.7 Å². The highest BCUT2D eigenvalue weighted by molar-refractivity contribution is 4.92. The van der Waals surface area contributed by atoms with Crippen LogP contribution >= 0.6 is 0 Å². The molecule has 0 aromatic rings. The van der Waals surface area contributed by atoms with E-state index in [0.29, 0.717) is 0 Å². The molecule has 1 aliphatic rings. The van der Waals surface area contributed by atoms with Crippen molar-refractivity contribution in [1.82, 2.24) is 0 Å². The second-order valence-corrected chi connectivity index (χ2v) is 3.02. The molecule has 6 heteroatoms. The lowest BCUT2D eigenvalue weighted by Crippen LogP contribution is -2.56. The molecule has 1 saturated heterocycles. The van der Waals surface area contributed by atoms with E-state index in [-0.39, 0.29) is 0 Å². The van der Waals surface area contributed by atoms with Gasteiger partial charge in [-0.2, -0.15) is 4.91 Å². The average molecular weight is 191 g/mol. The minimum absolute atomic E-state index is 0.573. The van der Waals surface area contributed by atoms with Crippen molar-refractivity contribution in [2.45, 2.75) is 37.6 Å². The molecule has 76 valence electrons. The van der Waals surface area contributed by atoms with Crippen LogP contribution in [0.3, 0.4) is 0 Å². The first-order valence-corrected chi connectivity index (χ1v) is 3.98. The Labute approximate surface area is 75.4 Å². The largest absolute Gasteiger partial charge is 0.388 e. The first kappa shape index (κ1) is 10.5. The third kappa shape index (κ3) is 1.86. The van der Waals surface area contributed by atoms with E-state index < -0.39 is 30.6 Å². The molecule has 0 aliphatic carbocycles. The van der Waals surface area contributed by atoms with E-state index >= 15 is 0 Å². The lowest BCUT2D eigenvalue weighted by atomic mass is 9.98. The standard InChI is InChI=1S/C7H13NO5/c1-3-5(9)4(8-11)6(10)7(12-2)13-3/h3-7,9-10H,1-2H3/t3?,4-,5+,6+,7+/m0/s1. The lowest BCUT2D eigenvalue weighted by molar-refractivity contribution is -0.257. The zero-order chi connectivity index (χ0) is 10.0. The molecule has 0 aromatic heterocycles. The van der Waals surface area contributed by atoms with Crippen molar-refractivity contribution in [3.63, 3.8) is 0 Å². The summed E-state index contributed by atoms with van der Waals surface area (Å²) in [5.41, 5.74) is 0. The Morgan fingerprint density at radius 2 is 2.00 bits per heavy atom. The van der Waals surface area contributed by atoms with Gasteiger partial charge in [0.05, 0.1) is 6.10 Å². The minimum Gasteiger partial charge on any atom is -0.388 e. The maximum atomic E-state index is 10.3. The molecule has 0 aromatic carbocycles. The molecule has 0 amide bonds. The molecule has 1 fully saturated rings. The van der Waals surface area contributed by atoms with E-state index in [2.05, 4.69) is 5.18 Å². The Bertz CT molecular complexity index is 188. The second-order valence-electron chi connectivity index (χ2n) is 3.02. The number of hydrogen-bond donors (Lipinski definition) is 2. The molecule has 0 spiro atoms. The summed E-state index contributed by atoms with van der Waals surface area (Å²) in [5, 5.41) is 21.4. The van der Waals surface area contributed by atoms with Gasteiger partial charge in [0.15, 0.2) is 12.3 Å². The van der Waals surface area contributed by atoms with Crippen LogP contribution in [0.5, 0.6) is 0 Å². The Hall–Kier alpha value is -0.560. The molecule has 0 bridgehead atoms. The minimum atomic E-state index is -1.21. The number of aliphatic hydroxyl groups excluding tert-OH is 2. The highest BCUT2D eigenvalue weighted by Gasteiger charge is 2.44. The summed E-state index contributed by atoms with van der Waals surface area (Å²) in [4.78, 5) is 10.3. The predicted octanol–water partition coefficient (Wildman–Crippen LogP) is -0.766. The van der Waals surface area contributed by atoms with E-state index in [0.717, 1.165) is 0 Å². The van der Waals surface area contributed by atoms with Gasteiger partial charge in [-0.25, -0.2) is 0 Å². The summed E-state index contributed by atoms with van der Waals surface area (Å²) in [7, 11) is 1.35. The molecule has 5 atom stereocenters. The van der Waals surface area contributed by atoms with Crippen LogP contribution in [0.4, 0.5) is 0 Å². The highest BCUT2D eigenvalue weighted by Crippen LogP contribution is 2.23. The van der Waals surface area contributed by atoms with Crippen molar-refractivity contribution in [1.29, 1.82) is 0 Å². The number of ether oxygens (including phenoxy) is 2. The third-order valence-corrected chi connectivity index (χ3v) is 2.16. The van der Waals surface area contributed by atoms with Crippen molar-refractivity contribution >= 4 is 0 Å². The van der Waals surface area contributed by atoms with Crippen molar-refractivity contribution in [2.75, 3.05) is 7.11 Å². The van der Waals surface area contributed by atoms with Crippen molar-refractivity contribution in [2.24, 2.45) is 5.18 Å². The number of rotatable bonds is 2. The van der Waals surface area contributed by atoms with Crippen LogP contribution in [0.15, 0.2) is 5.18 Å². The zero-order valence-corrected chi connectivity index (χ0v) is 7.45. The molecule has 1 aliphatic heterocycles. The fourth-order valence-corrected chi connectivity index (χ4v) is 1.33. The Morgan fingerprint density at radius 1 is 1.38 bits per heavy atom. The molecule has 13 heavy (non-hydrogen) atoms. The van der Waals surface area contributed by atoms with Gasteiger partial charge in [-0.3, -0.25) is 0 Å². The summed E-state index contributed by atoms with van der Waals surface area (Å²) in [6.45, 7) is 1.58. The average Bonchev–Trinajstić information content (AvgIpc) is 2.12. The summed E-state index contributed by atoms with van der Waals surface area (Å²) in [6.07, 6.45) is -3.77. The monoisotopic (exact) mass is 191 g/mol. The maximum absolute atomic E-state index is 10.3. The van der Waals surface area contributed by atoms with Crippen LogP contribution in [0.25, 0.3) is 0 Å². The molecular weight excluding hydrogens is 178 g/mol. The van der Waals surface area contributed by atoms with Gasteiger partial charge in [-0.05, 0) is 6.92 Å². The van der Waals surface area contributed by atoms with Crippen molar-refractivity contribution in [3.05, 3.63) is 4.91 Å². The fraction of sp³-hybridized carbons (Fsp3) is 1.00. The van der Waals surface area contributed by atoms with E-state index in [4.69, 9.17) is 9.47 Å². The van der Waals surface area contributed by atoms with Crippen LogP contribution < -0.4 is 0 Å². The topological polar surface area (TPSA) is 88.4 Å². The molecular formula is C7H13NO5. The zero-order valence-electron chi connectivity index (χ0n) is 7.45. The summed E-state index contributed by atoms with van der Waals surface area (Å²) in [6, 6.07) is -1.09. The highest BCUT2D eigenvalue weighted by atomic mass is 16.7. The van der Waals surface area contributed by atoms with Crippen LogP contribution in [0.2, 0.25) is 0 Å². The fourth-order valence-electron chi connectivity index (χ4n) is 1.33. The summed E-state index contributed by atoms with van der Waals surface area (Å²) < 4.78 is 9.84. The van der Waals surface area contributed by atoms with Crippen molar-refractivity contribution in [3.8, 4) is 0 Å². The number of nitrogens with zero attached hydrogens (tertiary/aromatic N) is 1. The third-order valence-electron chi connectivity index (χ3n) is 2.16. The normalized spacial score (nSPS) is 46.0. The Morgan fingerprint density at radius 3 is 2.46 bits per heavy atom.